The molecule has 1 heterocycles. The van der Waals surface area contributed by atoms with E-state index in [4.69, 9.17) is 0 Å². The zero-order valence-corrected chi connectivity index (χ0v) is 12.9. The van der Waals surface area contributed by atoms with Gasteiger partial charge in [-0.25, -0.2) is 0 Å². The van der Waals surface area contributed by atoms with Gasteiger partial charge in [-0.15, -0.1) is 0 Å². The number of hydrogen-bond donors (Lipinski definition) is 2. The number of amides is 2. The molecule has 0 radical (unpaired) electrons. The van der Waals surface area contributed by atoms with Crippen LogP contribution in [-0.4, -0.2) is 31.4 Å². The first-order chi connectivity index (χ1) is 9.98. The second-order valence-corrected chi connectivity index (χ2v) is 5.69. The van der Waals surface area contributed by atoms with Gasteiger partial charge in [0.25, 0.3) is 0 Å². The van der Waals surface area contributed by atoms with Crippen molar-refractivity contribution in [2.75, 3.05) is 29.9 Å². The summed E-state index contributed by atoms with van der Waals surface area (Å²) in [7, 11) is 0. The Hall–Kier alpha value is -2.04. The average molecular weight is 289 g/mol. The van der Waals surface area contributed by atoms with Crippen LogP contribution in [-0.2, 0) is 9.59 Å². The number of nitrogens with one attached hydrogen (secondary N) is 2. The molecular formula is C16H23N3O2. The van der Waals surface area contributed by atoms with Crippen LogP contribution < -0.4 is 15.5 Å². The molecule has 1 aliphatic heterocycles. The van der Waals surface area contributed by atoms with Crippen molar-refractivity contribution < 1.29 is 9.59 Å². The minimum absolute atomic E-state index is 0.0652. The molecule has 5 heteroatoms. The van der Waals surface area contributed by atoms with E-state index in [1.54, 1.807) is 0 Å². The monoisotopic (exact) mass is 289 g/mol. The maximum atomic E-state index is 12.3. The molecule has 1 fully saturated rings. The molecule has 2 rings (SSSR count). The summed E-state index contributed by atoms with van der Waals surface area (Å²) in [6, 6.07) is 7.81. The highest BCUT2D eigenvalue weighted by Gasteiger charge is 2.40. The van der Waals surface area contributed by atoms with Gasteiger partial charge < -0.3 is 15.5 Å². The van der Waals surface area contributed by atoms with Gasteiger partial charge in [0.2, 0.25) is 11.8 Å². The Kier molecular flexibility index (Phi) is 4.50. The summed E-state index contributed by atoms with van der Waals surface area (Å²) < 4.78 is 0. The Bertz CT molecular complexity index is 523. The van der Waals surface area contributed by atoms with Crippen molar-refractivity contribution >= 4 is 23.2 Å². The first-order valence-electron chi connectivity index (χ1n) is 7.41. The van der Waals surface area contributed by atoms with Gasteiger partial charge in [0, 0.05) is 37.4 Å². The highest BCUT2D eigenvalue weighted by atomic mass is 16.2. The van der Waals surface area contributed by atoms with E-state index in [2.05, 4.69) is 29.4 Å². The molecule has 1 aromatic carbocycles. The molecule has 1 unspecified atom stereocenters. The zero-order chi connectivity index (χ0) is 15.5. The first-order valence-corrected chi connectivity index (χ1v) is 7.41. The number of rotatable bonds is 5. The number of benzene rings is 1. The molecule has 0 saturated carbocycles. The summed E-state index contributed by atoms with van der Waals surface area (Å²) in [6.07, 6.45) is 0.246. The molecule has 1 atom stereocenters. The van der Waals surface area contributed by atoms with E-state index >= 15 is 0 Å². The maximum absolute atomic E-state index is 12.3. The predicted octanol–water partition coefficient (Wildman–Crippen LogP) is 2.00. The third kappa shape index (κ3) is 3.35. The molecule has 0 bridgehead atoms. The van der Waals surface area contributed by atoms with Gasteiger partial charge in [-0.3, -0.25) is 9.59 Å². The lowest BCUT2D eigenvalue weighted by atomic mass is 9.88. The van der Waals surface area contributed by atoms with Gasteiger partial charge in [0.05, 0.1) is 5.41 Å². The number of anilines is 2. The molecule has 5 nitrogen and oxygen atoms in total. The minimum Gasteiger partial charge on any atom is -0.372 e. The van der Waals surface area contributed by atoms with E-state index in [0.717, 1.165) is 24.5 Å². The van der Waals surface area contributed by atoms with Gasteiger partial charge in [0.1, 0.15) is 0 Å². The van der Waals surface area contributed by atoms with Crippen LogP contribution in [0.15, 0.2) is 24.3 Å². The summed E-state index contributed by atoms with van der Waals surface area (Å²) >= 11 is 0. The van der Waals surface area contributed by atoms with Gasteiger partial charge in [-0.05, 0) is 45.0 Å². The van der Waals surface area contributed by atoms with Crippen LogP contribution in [0.2, 0.25) is 0 Å². The van der Waals surface area contributed by atoms with Crippen molar-refractivity contribution in [2.24, 2.45) is 5.41 Å². The summed E-state index contributed by atoms with van der Waals surface area (Å²) in [5.74, 6) is -0.180. The fourth-order valence-electron chi connectivity index (χ4n) is 2.56. The van der Waals surface area contributed by atoms with Gasteiger partial charge >= 0.3 is 0 Å². The minimum atomic E-state index is -0.658. The molecule has 0 spiro atoms. The van der Waals surface area contributed by atoms with Crippen molar-refractivity contribution in [3.8, 4) is 0 Å². The summed E-state index contributed by atoms with van der Waals surface area (Å²) in [6.45, 7) is 8.34. The summed E-state index contributed by atoms with van der Waals surface area (Å²) in [5, 5.41) is 5.61. The lowest BCUT2D eigenvalue weighted by Gasteiger charge is -2.22. The van der Waals surface area contributed by atoms with Crippen molar-refractivity contribution in [3.63, 3.8) is 0 Å². The maximum Gasteiger partial charge on any atom is 0.232 e. The molecule has 114 valence electrons. The molecule has 0 aromatic heterocycles. The molecule has 21 heavy (non-hydrogen) atoms. The quantitative estimate of drug-likeness (QED) is 0.871. The topological polar surface area (TPSA) is 61.4 Å². The van der Waals surface area contributed by atoms with Gasteiger partial charge in [-0.2, -0.15) is 0 Å². The fraction of sp³-hybridized carbons (Fsp3) is 0.500. The van der Waals surface area contributed by atoms with E-state index in [9.17, 15) is 9.59 Å². The molecule has 0 aliphatic carbocycles. The van der Waals surface area contributed by atoms with E-state index < -0.39 is 5.41 Å². The molecule has 2 amide bonds. The second-order valence-electron chi connectivity index (χ2n) is 5.69. The fourth-order valence-corrected chi connectivity index (χ4v) is 2.56. The van der Waals surface area contributed by atoms with Crippen LogP contribution in [0.4, 0.5) is 11.4 Å². The average Bonchev–Trinajstić information content (AvgIpc) is 2.83. The van der Waals surface area contributed by atoms with Crippen LogP contribution in [0.25, 0.3) is 0 Å². The third-order valence-electron chi connectivity index (χ3n) is 4.03. The highest BCUT2D eigenvalue weighted by molar-refractivity contribution is 5.99. The van der Waals surface area contributed by atoms with Gasteiger partial charge in [-0.1, -0.05) is 0 Å². The van der Waals surface area contributed by atoms with Crippen LogP contribution in [0.5, 0.6) is 0 Å². The predicted molar refractivity (Wildman–Crippen MR) is 84.4 cm³/mol. The molecule has 2 N–H and O–H groups in total. The van der Waals surface area contributed by atoms with Crippen LogP contribution in [0.3, 0.4) is 0 Å². The lowest BCUT2D eigenvalue weighted by molar-refractivity contribution is -0.126. The second kappa shape index (κ2) is 6.16. The van der Waals surface area contributed by atoms with E-state index in [1.807, 2.05) is 31.2 Å². The van der Waals surface area contributed by atoms with Crippen molar-refractivity contribution in [2.45, 2.75) is 27.2 Å². The van der Waals surface area contributed by atoms with Crippen LogP contribution in [0, 0.1) is 5.41 Å². The zero-order valence-electron chi connectivity index (χ0n) is 12.9. The molecule has 1 saturated heterocycles. The Morgan fingerprint density at radius 1 is 1.29 bits per heavy atom. The van der Waals surface area contributed by atoms with E-state index in [0.29, 0.717) is 6.54 Å². The Morgan fingerprint density at radius 3 is 2.38 bits per heavy atom. The Morgan fingerprint density at radius 2 is 1.90 bits per heavy atom. The SMILES string of the molecule is CCN(CC)c1ccc(NC(=O)C2(C)CNC(=O)C2)cc1. The summed E-state index contributed by atoms with van der Waals surface area (Å²) in [4.78, 5) is 25.8. The first kappa shape index (κ1) is 15.4. The van der Waals surface area contributed by atoms with E-state index in [1.165, 1.54) is 0 Å². The van der Waals surface area contributed by atoms with Crippen molar-refractivity contribution in [1.29, 1.82) is 0 Å². The largest absolute Gasteiger partial charge is 0.372 e. The van der Waals surface area contributed by atoms with Crippen molar-refractivity contribution in [1.82, 2.24) is 5.32 Å². The highest BCUT2D eigenvalue weighted by Crippen LogP contribution is 2.27. The van der Waals surface area contributed by atoms with Gasteiger partial charge in [0.15, 0.2) is 0 Å². The normalized spacial score (nSPS) is 21.0. The lowest BCUT2D eigenvalue weighted by Crippen LogP contribution is -2.35. The molecular weight excluding hydrogens is 266 g/mol. The Balaban J connectivity index is 2.03. The van der Waals surface area contributed by atoms with Crippen molar-refractivity contribution in [3.05, 3.63) is 24.3 Å². The van der Waals surface area contributed by atoms with Crippen LogP contribution in [0.1, 0.15) is 27.2 Å². The number of carbonyl (C=O) groups excluding carboxylic acids is 2. The van der Waals surface area contributed by atoms with E-state index in [-0.39, 0.29) is 18.2 Å². The third-order valence-corrected chi connectivity index (χ3v) is 4.03. The number of carbonyl (C=O) groups is 2. The molecule has 1 aromatic rings. The van der Waals surface area contributed by atoms with Crippen LogP contribution >= 0.6 is 0 Å². The molecule has 1 aliphatic rings. The summed E-state index contributed by atoms with van der Waals surface area (Å²) in [5.41, 5.74) is 1.24. The standard InChI is InChI=1S/C16H23N3O2/c1-4-19(5-2)13-8-6-12(7-9-13)18-15(21)16(3)10-14(20)17-11-16/h6-9H,4-5,10-11H2,1-3H3,(H,17,20)(H,18,21). The number of hydrogen-bond acceptors (Lipinski definition) is 3. The number of nitrogens with zero attached hydrogens (tertiary/aromatic N) is 1. The Labute approximate surface area is 125 Å². The smallest absolute Gasteiger partial charge is 0.232 e.